The van der Waals surface area contributed by atoms with Crippen LogP contribution in [0.1, 0.15) is 0 Å². The molecule has 1 N–H and O–H groups in total. The molecule has 2 aromatic rings. The van der Waals surface area contributed by atoms with Gasteiger partial charge < -0.3 is 10.0 Å². The number of hydrogen-bond donors (Lipinski definition) is 1. The van der Waals surface area contributed by atoms with Crippen LogP contribution in [0.3, 0.4) is 0 Å². The minimum atomic E-state index is -0.468. The Morgan fingerprint density at radius 2 is 1.48 bits per heavy atom. The topological polar surface area (TPSA) is 26.7 Å². The molecule has 3 rings (SSSR count). The van der Waals surface area contributed by atoms with Gasteiger partial charge in [-0.1, -0.05) is 48.2 Å². The molecular formula is C21H24N2OS. The highest BCUT2D eigenvalue weighted by molar-refractivity contribution is 7.99. The lowest BCUT2D eigenvalue weighted by atomic mass is 10.2. The zero-order valence-corrected chi connectivity index (χ0v) is 15.2. The van der Waals surface area contributed by atoms with Crippen molar-refractivity contribution in [3.63, 3.8) is 0 Å². The average Bonchev–Trinajstić information content (AvgIpc) is 2.62. The van der Waals surface area contributed by atoms with E-state index in [-0.39, 0.29) is 0 Å². The van der Waals surface area contributed by atoms with E-state index in [9.17, 15) is 5.11 Å². The van der Waals surface area contributed by atoms with Gasteiger partial charge in [0, 0.05) is 29.4 Å². The second-order valence-electron chi connectivity index (χ2n) is 6.10. The summed E-state index contributed by atoms with van der Waals surface area (Å²) in [6.07, 6.45) is 3.25. The first kappa shape index (κ1) is 17.8. The first-order valence-corrected chi connectivity index (χ1v) is 9.30. The Morgan fingerprint density at radius 3 is 2.00 bits per heavy atom. The Kier molecular flexibility index (Phi) is 5.97. The largest absolute Gasteiger partial charge is 0.390 e. The lowest BCUT2D eigenvalue weighted by molar-refractivity contribution is 0.131. The number of aliphatic hydroxyl groups excluding tert-OH is 1. The molecule has 1 heterocycles. The van der Waals surface area contributed by atoms with Crippen molar-refractivity contribution in [2.75, 3.05) is 31.1 Å². The van der Waals surface area contributed by atoms with Crippen molar-refractivity contribution in [2.24, 2.45) is 0 Å². The lowest BCUT2D eigenvalue weighted by Crippen LogP contribution is -2.39. The van der Waals surface area contributed by atoms with Crippen molar-refractivity contribution in [3.05, 3.63) is 73.8 Å². The van der Waals surface area contributed by atoms with E-state index >= 15 is 0 Å². The predicted molar refractivity (Wildman–Crippen MR) is 107 cm³/mol. The summed E-state index contributed by atoms with van der Waals surface area (Å²) >= 11 is 1.78. The van der Waals surface area contributed by atoms with E-state index in [1.807, 2.05) is 12.2 Å². The minimum absolute atomic E-state index is 0.468. The van der Waals surface area contributed by atoms with Gasteiger partial charge in [0.2, 0.25) is 0 Å². The first-order valence-electron chi connectivity index (χ1n) is 8.48. The van der Waals surface area contributed by atoms with E-state index in [0.29, 0.717) is 13.1 Å². The predicted octanol–water partition coefficient (Wildman–Crippen LogP) is 4.32. The molecule has 0 saturated heterocycles. The van der Waals surface area contributed by atoms with E-state index in [2.05, 4.69) is 71.5 Å². The Morgan fingerprint density at radius 1 is 0.960 bits per heavy atom. The number of benzene rings is 2. The molecule has 0 aromatic heterocycles. The number of nitrogens with zero attached hydrogens (tertiary/aromatic N) is 2. The smallest absolute Gasteiger partial charge is 0.0846 e. The maximum absolute atomic E-state index is 10.7. The van der Waals surface area contributed by atoms with E-state index in [1.165, 1.54) is 9.79 Å². The van der Waals surface area contributed by atoms with Crippen LogP contribution in [0.15, 0.2) is 83.6 Å². The molecule has 0 saturated carbocycles. The number of para-hydroxylation sites is 2. The molecule has 0 radical (unpaired) electrons. The van der Waals surface area contributed by atoms with Gasteiger partial charge in [-0.25, -0.2) is 0 Å². The van der Waals surface area contributed by atoms with E-state index in [4.69, 9.17) is 0 Å². The van der Waals surface area contributed by atoms with Gasteiger partial charge in [-0.3, -0.25) is 4.90 Å². The Balaban J connectivity index is 1.81. The molecule has 2 aromatic carbocycles. The van der Waals surface area contributed by atoms with Crippen molar-refractivity contribution in [1.82, 2.24) is 4.90 Å². The van der Waals surface area contributed by atoms with Crippen molar-refractivity contribution >= 4 is 23.1 Å². The molecule has 25 heavy (non-hydrogen) atoms. The number of anilines is 2. The molecule has 1 aliphatic rings. The van der Waals surface area contributed by atoms with Gasteiger partial charge in [-0.15, -0.1) is 13.2 Å². The summed E-state index contributed by atoms with van der Waals surface area (Å²) in [5.41, 5.74) is 2.31. The van der Waals surface area contributed by atoms with Gasteiger partial charge in [0.05, 0.1) is 24.0 Å². The molecule has 0 bridgehead atoms. The van der Waals surface area contributed by atoms with Crippen molar-refractivity contribution in [2.45, 2.75) is 15.9 Å². The number of β-amino-alcohol motifs (C(OH)–C–C–N with tert-alkyl or cyclic N) is 1. The monoisotopic (exact) mass is 352 g/mol. The van der Waals surface area contributed by atoms with Crippen molar-refractivity contribution in [3.8, 4) is 0 Å². The van der Waals surface area contributed by atoms with Crippen LogP contribution in [0, 0.1) is 0 Å². The van der Waals surface area contributed by atoms with Crippen LogP contribution in [-0.2, 0) is 0 Å². The lowest BCUT2D eigenvalue weighted by Gasteiger charge is -2.35. The summed E-state index contributed by atoms with van der Waals surface area (Å²) < 4.78 is 0. The third-order valence-corrected chi connectivity index (χ3v) is 5.30. The number of hydrogen-bond acceptors (Lipinski definition) is 4. The standard InChI is InChI=1S/C21H24N2OS/c1-3-13-22(14-4-2)15-17(24)16-23-18-9-5-7-11-20(18)25-21-12-8-6-10-19(21)23/h3-12,17,24H,1-2,13-16H2. The number of rotatable bonds is 8. The van der Waals surface area contributed by atoms with Gasteiger partial charge in [0.25, 0.3) is 0 Å². The summed E-state index contributed by atoms with van der Waals surface area (Å²) in [7, 11) is 0. The highest BCUT2D eigenvalue weighted by Gasteiger charge is 2.25. The zero-order valence-electron chi connectivity index (χ0n) is 14.3. The second-order valence-corrected chi connectivity index (χ2v) is 7.18. The fraction of sp³-hybridized carbons (Fsp3) is 0.238. The van der Waals surface area contributed by atoms with Crippen LogP contribution >= 0.6 is 11.8 Å². The maximum atomic E-state index is 10.7. The molecule has 130 valence electrons. The average molecular weight is 353 g/mol. The highest BCUT2D eigenvalue weighted by Crippen LogP contribution is 2.47. The molecule has 4 heteroatoms. The van der Waals surface area contributed by atoms with Crippen LogP contribution in [0.2, 0.25) is 0 Å². The fourth-order valence-corrected chi connectivity index (χ4v) is 4.23. The van der Waals surface area contributed by atoms with Crippen molar-refractivity contribution in [1.29, 1.82) is 0 Å². The Bertz CT molecular complexity index is 691. The van der Waals surface area contributed by atoms with Gasteiger partial charge in [-0.05, 0) is 24.3 Å². The number of aliphatic hydroxyl groups is 1. The highest BCUT2D eigenvalue weighted by atomic mass is 32.2. The van der Waals surface area contributed by atoms with E-state index in [1.54, 1.807) is 11.8 Å². The van der Waals surface area contributed by atoms with E-state index < -0.39 is 6.10 Å². The van der Waals surface area contributed by atoms with Gasteiger partial charge in [-0.2, -0.15) is 0 Å². The van der Waals surface area contributed by atoms with Crippen LogP contribution in [0.25, 0.3) is 0 Å². The summed E-state index contributed by atoms with van der Waals surface area (Å²) in [6.45, 7) is 10.2. The minimum Gasteiger partial charge on any atom is -0.390 e. The third-order valence-electron chi connectivity index (χ3n) is 4.17. The fourth-order valence-electron chi connectivity index (χ4n) is 3.13. The summed E-state index contributed by atoms with van der Waals surface area (Å²) in [5, 5.41) is 10.7. The molecule has 1 aliphatic heterocycles. The van der Waals surface area contributed by atoms with E-state index in [0.717, 1.165) is 24.5 Å². The first-order chi connectivity index (χ1) is 12.2. The van der Waals surface area contributed by atoms with Crippen LogP contribution in [0.4, 0.5) is 11.4 Å². The molecule has 0 spiro atoms. The molecule has 3 nitrogen and oxygen atoms in total. The Hall–Kier alpha value is -2.01. The molecule has 1 atom stereocenters. The molecular weight excluding hydrogens is 328 g/mol. The van der Waals surface area contributed by atoms with Crippen LogP contribution in [0.5, 0.6) is 0 Å². The zero-order chi connectivity index (χ0) is 17.6. The van der Waals surface area contributed by atoms with Gasteiger partial charge >= 0.3 is 0 Å². The maximum Gasteiger partial charge on any atom is 0.0846 e. The number of fused-ring (bicyclic) bond motifs is 2. The van der Waals surface area contributed by atoms with Crippen molar-refractivity contribution < 1.29 is 5.11 Å². The summed E-state index contributed by atoms with van der Waals surface area (Å²) in [4.78, 5) is 6.82. The third kappa shape index (κ3) is 4.15. The Labute approximate surface area is 154 Å². The quantitative estimate of drug-likeness (QED) is 0.716. The second kappa shape index (κ2) is 8.39. The van der Waals surface area contributed by atoms with Gasteiger partial charge in [0.1, 0.15) is 0 Å². The normalized spacial score (nSPS) is 13.9. The molecule has 0 aliphatic carbocycles. The molecule has 0 fully saturated rings. The molecule has 0 amide bonds. The van der Waals surface area contributed by atoms with Crippen LogP contribution < -0.4 is 4.90 Å². The summed E-state index contributed by atoms with van der Waals surface area (Å²) in [6, 6.07) is 16.7. The summed E-state index contributed by atoms with van der Waals surface area (Å²) in [5.74, 6) is 0. The van der Waals surface area contributed by atoms with Crippen LogP contribution in [-0.4, -0.2) is 42.3 Å². The van der Waals surface area contributed by atoms with Gasteiger partial charge in [0.15, 0.2) is 0 Å². The SMILES string of the molecule is C=CCN(CC=C)CC(O)CN1c2ccccc2Sc2ccccc21. The molecule has 1 unspecified atom stereocenters.